The number of nitrogens with two attached hydrogens (primary N) is 2. The fourth-order valence-electron chi connectivity index (χ4n) is 4.89. The number of phenols is 1. The molecule has 0 spiro atoms. The summed E-state index contributed by atoms with van der Waals surface area (Å²) in [7, 11) is -3.90. The van der Waals surface area contributed by atoms with Crippen molar-refractivity contribution in [3.63, 3.8) is 0 Å². The van der Waals surface area contributed by atoms with Gasteiger partial charge in [0.2, 0.25) is 29.5 Å². The van der Waals surface area contributed by atoms with Crippen LogP contribution in [0.2, 0.25) is 0 Å². The lowest BCUT2D eigenvalue weighted by molar-refractivity contribution is -0.134. The van der Waals surface area contributed by atoms with E-state index in [0.29, 0.717) is 24.9 Å². The molecule has 2 rings (SSSR count). The van der Waals surface area contributed by atoms with Crippen LogP contribution in [0.4, 0.5) is 0 Å². The summed E-state index contributed by atoms with van der Waals surface area (Å²) in [5, 5.41) is 21.1. The molecule has 49 heavy (non-hydrogen) atoms. The molecular weight excluding hydrogens is 652 g/mol. The molecule has 14 nitrogen and oxygen atoms in total. The average Bonchev–Trinajstić information content (AvgIpc) is 3.03. The number of aromatic hydroxyl groups is 1. The number of sulfone groups is 1. The van der Waals surface area contributed by atoms with Gasteiger partial charge in [0, 0.05) is 18.8 Å². The number of carbonyl (C=O) groups is 5. The number of benzene rings is 2. The monoisotopic (exact) mass is 700 g/mol. The Balaban J connectivity index is 2.28. The Bertz CT molecular complexity index is 1550. The van der Waals surface area contributed by atoms with E-state index in [4.69, 9.17) is 11.5 Å². The number of primary amides is 1. The molecule has 0 saturated heterocycles. The van der Waals surface area contributed by atoms with Gasteiger partial charge >= 0.3 is 0 Å². The third-order valence-electron chi connectivity index (χ3n) is 7.30. The second kappa shape index (κ2) is 19.9. The average molecular weight is 701 g/mol. The van der Waals surface area contributed by atoms with Gasteiger partial charge in [0.15, 0.2) is 9.84 Å². The molecule has 0 bridgehead atoms. The van der Waals surface area contributed by atoms with Crippen LogP contribution in [0.1, 0.15) is 58.4 Å². The number of phenolic OH excluding ortho intramolecular Hbond substituents is 1. The first kappa shape index (κ1) is 40.4. The van der Waals surface area contributed by atoms with Crippen LogP contribution < -0.4 is 32.7 Å². The van der Waals surface area contributed by atoms with Gasteiger partial charge in [-0.05, 0) is 68.0 Å². The van der Waals surface area contributed by atoms with Crippen LogP contribution in [0.5, 0.6) is 5.75 Å². The van der Waals surface area contributed by atoms with Crippen molar-refractivity contribution in [1.82, 2.24) is 21.3 Å². The summed E-state index contributed by atoms with van der Waals surface area (Å²) in [4.78, 5) is 64.4. The molecule has 0 radical (unpaired) electrons. The Morgan fingerprint density at radius 1 is 0.816 bits per heavy atom. The molecule has 268 valence electrons. The van der Waals surface area contributed by atoms with Gasteiger partial charge in [-0.25, -0.2) is 8.42 Å². The standard InChI is InChI=1S/C34H48N6O8S/c1-22(2)19-29(33(45)38-25(21-31(36)43)16-18-49(47,48)27-9-5-4-6-10-27)40-32(44)28(11-7-8-17-35)39-34(46)30(37-23(3)41)20-24-12-14-26(42)15-13-24/h4-6,9-10,12-16,18,22,25,28-30,42H,7-8,11,17,19-21,35H2,1-3H3,(H2,36,43)(H,37,41)(H,38,45)(H,39,46)(H,40,44)/b18-16+/t25-,28+,29+,30+/m1/s1. The Hall–Kier alpha value is -4.76. The van der Waals surface area contributed by atoms with Crippen LogP contribution in [-0.2, 0) is 40.2 Å². The van der Waals surface area contributed by atoms with Gasteiger partial charge in [-0.2, -0.15) is 0 Å². The highest BCUT2D eigenvalue weighted by molar-refractivity contribution is 7.94. The maximum Gasteiger partial charge on any atom is 0.243 e. The van der Waals surface area contributed by atoms with Crippen LogP contribution in [0, 0.1) is 5.92 Å². The molecule has 0 heterocycles. The zero-order valence-electron chi connectivity index (χ0n) is 28.1. The number of carbonyl (C=O) groups excluding carboxylic acids is 5. The molecule has 5 amide bonds. The van der Waals surface area contributed by atoms with Gasteiger partial charge in [0.1, 0.15) is 23.9 Å². The molecular formula is C34H48N6O8S. The molecule has 0 aliphatic rings. The number of hydrogen-bond donors (Lipinski definition) is 7. The van der Waals surface area contributed by atoms with Crippen molar-refractivity contribution in [3.05, 3.63) is 71.6 Å². The normalized spacial score (nSPS) is 14.0. The molecule has 15 heteroatoms. The van der Waals surface area contributed by atoms with Crippen molar-refractivity contribution in [2.24, 2.45) is 17.4 Å². The number of unbranched alkanes of at least 4 members (excludes halogenated alkanes) is 1. The minimum Gasteiger partial charge on any atom is -0.508 e. The van der Waals surface area contributed by atoms with E-state index in [1.54, 1.807) is 30.3 Å². The molecule has 0 fully saturated rings. The fourth-order valence-corrected chi connectivity index (χ4v) is 5.98. The van der Waals surface area contributed by atoms with Crippen molar-refractivity contribution in [3.8, 4) is 5.75 Å². The molecule has 0 saturated carbocycles. The number of amides is 5. The van der Waals surface area contributed by atoms with Crippen LogP contribution in [0.3, 0.4) is 0 Å². The van der Waals surface area contributed by atoms with Crippen molar-refractivity contribution in [2.75, 3.05) is 6.54 Å². The molecule has 0 aliphatic carbocycles. The SMILES string of the molecule is CC(=O)N[C@@H](Cc1ccc(O)cc1)C(=O)N[C@@H](CCCCN)C(=O)N[C@@H](CC(C)C)C(=O)N[C@H](/C=C/S(=O)(=O)c1ccccc1)CC(N)=O. The van der Waals surface area contributed by atoms with Crippen LogP contribution in [0.25, 0.3) is 0 Å². The van der Waals surface area contributed by atoms with E-state index in [-0.39, 0.29) is 35.8 Å². The summed E-state index contributed by atoms with van der Waals surface area (Å²) in [5.41, 5.74) is 11.7. The van der Waals surface area contributed by atoms with E-state index in [1.807, 2.05) is 13.8 Å². The third-order valence-corrected chi connectivity index (χ3v) is 8.75. The highest BCUT2D eigenvalue weighted by Gasteiger charge is 2.30. The lowest BCUT2D eigenvalue weighted by Gasteiger charge is -2.27. The summed E-state index contributed by atoms with van der Waals surface area (Å²) < 4.78 is 25.6. The van der Waals surface area contributed by atoms with Gasteiger partial charge in [-0.3, -0.25) is 24.0 Å². The second-order valence-electron chi connectivity index (χ2n) is 12.1. The van der Waals surface area contributed by atoms with E-state index in [9.17, 15) is 37.5 Å². The zero-order chi connectivity index (χ0) is 36.6. The molecule has 9 N–H and O–H groups in total. The third kappa shape index (κ3) is 14.9. The van der Waals surface area contributed by atoms with Gasteiger partial charge in [0.25, 0.3) is 0 Å². The predicted molar refractivity (Wildman–Crippen MR) is 184 cm³/mol. The Labute approximate surface area is 287 Å². The Morgan fingerprint density at radius 3 is 1.98 bits per heavy atom. The highest BCUT2D eigenvalue weighted by Crippen LogP contribution is 2.14. The summed E-state index contributed by atoms with van der Waals surface area (Å²) in [6.45, 7) is 5.28. The Morgan fingerprint density at radius 2 is 1.41 bits per heavy atom. The number of hydrogen-bond acceptors (Lipinski definition) is 9. The number of rotatable bonds is 20. The molecule has 0 unspecified atom stereocenters. The topological polar surface area (TPSA) is 240 Å². The smallest absolute Gasteiger partial charge is 0.243 e. The predicted octanol–water partition coefficient (Wildman–Crippen LogP) is 0.932. The number of nitrogens with one attached hydrogen (secondary N) is 4. The van der Waals surface area contributed by atoms with E-state index in [2.05, 4.69) is 21.3 Å². The van der Waals surface area contributed by atoms with E-state index in [0.717, 1.165) is 11.5 Å². The van der Waals surface area contributed by atoms with Gasteiger partial charge in [-0.1, -0.05) is 50.3 Å². The van der Waals surface area contributed by atoms with Crippen molar-refractivity contribution in [1.29, 1.82) is 0 Å². The fraction of sp³-hybridized carbons (Fsp3) is 0.441. The first-order valence-corrected chi connectivity index (χ1v) is 17.6. The first-order valence-electron chi connectivity index (χ1n) is 16.0. The lowest BCUT2D eigenvalue weighted by Crippen LogP contribution is -2.57. The molecule has 0 aromatic heterocycles. The minimum atomic E-state index is -3.90. The summed E-state index contributed by atoms with van der Waals surface area (Å²) in [6, 6.07) is 9.33. The van der Waals surface area contributed by atoms with Crippen molar-refractivity contribution < 1.29 is 37.5 Å². The summed E-state index contributed by atoms with van der Waals surface area (Å²) in [5.74, 6) is -3.29. The van der Waals surface area contributed by atoms with Crippen molar-refractivity contribution >= 4 is 39.4 Å². The van der Waals surface area contributed by atoms with Gasteiger partial charge < -0.3 is 37.8 Å². The summed E-state index contributed by atoms with van der Waals surface area (Å²) >= 11 is 0. The Kier molecular flexibility index (Phi) is 16.4. The first-order chi connectivity index (χ1) is 23.1. The van der Waals surface area contributed by atoms with Gasteiger partial charge in [-0.15, -0.1) is 0 Å². The second-order valence-corrected chi connectivity index (χ2v) is 14.0. The van der Waals surface area contributed by atoms with Gasteiger partial charge in [0.05, 0.1) is 17.4 Å². The van der Waals surface area contributed by atoms with E-state index in [1.165, 1.54) is 31.2 Å². The van der Waals surface area contributed by atoms with E-state index >= 15 is 0 Å². The van der Waals surface area contributed by atoms with Crippen LogP contribution in [0.15, 0.2) is 71.0 Å². The zero-order valence-corrected chi connectivity index (χ0v) is 28.9. The highest BCUT2D eigenvalue weighted by atomic mass is 32.2. The van der Waals surface area contributed by atoms with Crippen molar-refractivity contribution in [2.45, 2.75) is 88.4 Å². The lowest BCUT2D eigenvalue weighted by atomic mass is 10.0. The maximum absolute atomic E-state index is 13.7. The summed E-state index contributed by atoms with van der Waals surface area (Å²) in [6.07, 6.45) is 2.22. The van der Waals surface area contributed by atoms with Crippen LogP contribution in [-0.4, -0.2) is 73.8 Å². The van der Waals surface area contributed by atoms with Crippen LogP contribution >= 0.6 is 0 Å². The molecule has 2 aromatic carbocycles. The van der Waals surface area contributed by atoms with E-state index < -0.39 is 70.0 Å². The largest absolute Gasteiger partial charge is 0.508 e. The maximum atomic E-state index is 13.7. The quantitative estimate of drug-likeness (QED) is 0.0971. The minimum absolute atomic E-state index is 0.0203. The molecule has 2 aromatic rings. The molecule has 0 aliphatic heterocycles. The molecule has 4 atom stereocenters.